The molecule has 0 aliphatic heterocycles. The van der Waals surface area contributed by atoms with Crippen LogP contribution in [-0.2, 0) is 0 Å². The fourth-order valence-electron chi connectivity index (χ4n) is 3.54. The van der Waals surface area contributed by atoms with Gasteiger partial charge in [-0.15, -0.1) is 0 Å². The third-order valence-corrected chi connectivity index (χ3v) is 5.90. The molecule has 0 spiro atoms. The van der Waals surface area contributed by atoms with E-state index >= 15 is 0 Å². The molecule has 0 unspecified atom stereocenters. The highest BCUT2D eigenvalue weighted by Gasteiger charge is 1.76. The number of rotatable bonds is 0. The van der Waals surface area contributed by atoms with Gasteiger partial charge >= 0.3 is 0 Å². The van der Waals surface area contributed by atoms with Gasteiger partial charge < -0.3 is 0 Å². The van der Waals surface area contributed by atoms with Crippen molar-refractivity contribution in [1.29, 1.82) is 0 Å². The lowest BCUT2D eigenvalue weighted by Gasteiger charge is -1.79. The highest BCUT2D eigenvalue weighted by Crippen LogP contribution is 1.97. The summed E-state index contributed by atoms with van der Waals surface area (Å²) in [5.74, 6) is 0.833. The van der Waals surface area contributed by atoms with Crippen molar-refractivity contribution in [3.63, 3.8) is 0 Å². The molecule has 0 N–H and O–H groups in total. The van der Waals surface area contributed by atoms with Gasteiger partial charge in [0.05, 0.1) is 0 Å². The van der Waals surface area contributed by atoms with Gasteiger partial charge in [-0.3, -0.25) is 0 Å². The van der Waals surface area contributed by atoms with Crippen LogP contribution < -0.4 is 0 Å². The standard InChI is InChI=1S/9C5H6.C4H10.5C3H8.11C2H6.CH4/c9*1-2-4-5-3-1;1-4(2)3;5*1-3-2;11*1-2;/h9*1-4H,5H2;4H,1-3H3;5*3H2,1-2H3;11*1-2H3;1H4. The SMILES string of the molecule is C.C1=CCC=C1.C1=CCC=C1.C1=CCC=C1.C1=CCC=C1.C1=CCC=C1.C1=CCC=C1.C1=CCC=C1.C1=CCC=C1.C1=CCC=C1.CC.CC.CC.CC.CC.CC.CC.CC.CC.CC.CC.CC(C)C.CCC.CCC.CCC.CCC.CCC. The van der Waals surface area contributed by atoms with Crippen molar-refractivity contribution in [1.82, 2.24) is 0 Å². The Balaban J connectivity index is -0.0000000359. The van der Waals surface area contributed by atoms with Crippen LogP contribution in [0.2, 0.25) is 0 Å². The van der Waals surface area contributed by atoms with Gasteiger partial charge in [0, 0.05) is 0 Å². The molecule has 0 atom stereocenters. The molecule has 0 aromatic rings. The topological polar surface area (TPSA) is 0 Å². The normalized spacial score (nSPS) is 11.3. The Labute approximate surface area is 561 Å². The summed E-state index contributed by atoms with van der Waals surface area (Å²) in [5, 5.41) is 0. The van der Waals surface area contributed by atoms with Crippen molar-refractivity contribution in [3.05, 3.63) is 219 Å². The van der Waals surface area contributed by atoms with E-state index in [1.54, 1.807) is 0 Å². The van der Waals surface area contributed by atoms with Crippen LogP contribution in [0.1, 0.15) is 340 Å². The first kappa shape index (κ1) is 132. The van der Waals surface area contributed by atoms with Crippen LogP contribution in [0.5, 0.6) is 0 Å². The molecule has 0 heteroatoms. The average Bonchev–Trinajstić information content (AvgIpc) is 4.43. The Morgan fingerprint density at radius 2 is 0.195 bits per heavy atom. The maximum atomic E-state index is 2.17. The quantitative estimate of drug-likeness (QED) is 0.227. The molecule has 522 valence electrons. The van der Waals surface area contributed by atoms with Gasteiger partial charge in [-0.1, -0.05) is 501 Å². The van der Waals surface area contributed by atoms with Crippen molar-refractivity contribution in [2.24, 2.45) is 5.92 Å². The minimum absolute atomic E-state index is 0. The lowest BCUT2D eigenvalue weighted by atomic mass is 10.3. The van der Waals surface area contributed by atoms with E-state index in [0.717, 1.165) is 63.7 Å². The summed E-state index contributed by atoms with van der Waals surface area (Å²) in [6, 6.07) is 0. The van der Waals surface area contributed by atoms with Gasteiger partial charge in [-0.05, 0) is 63.7 Å². The van der Waals surface area contributed by atoms with Crippen LogP contribution in [0.3, 0.4) is 0 Å². The largest absolute Gasteiger partial charge is 0.0808 e. The lowest BCUT2D eigenvalue weighted by Crippen LogP contribution is -1.66. The number of hydrogen-bond donors (Lipinski definition) is 0. The van der Waals surface area contributed by atoms with Crippen molar-refractivity contribution in [2.75, 3.05) is 0 Å². The van der Waals surface area contributed by atoms with Gasteiger partial charge in [0.25, 0.3) is 0 Å². The highest BCUT2D eigenvalue weighted by molar-refractivity contribution is 5.16. The van der Waals surface area contributed by atoms with E-state index in [-0.39, 0.29) is 7.43 Å². The Morgan fingerprint density at radius 3 is 0.207 bits per heavy atom. The Hall–Kier alpha value is -4.68. The summed E-state index contributed by atoms with van der Waals surface area (Å²) in [5.41, 5.74) is 0. The Bertz CT molecular complexity index is 950. The van der Waals surface area contributed by atoms with Crippen LogP contribution in [-0.4, -0.2) is 0 Å². The van der Waals surface area contributed by atoms with Crippen molar-refractivity contribution in [3.8, 4) is 0 Å². The van der Waals surface area contributed by atoms with E-state index in [4.69, 9.17) is 0 Å². The van der Waals surface area contributed by atoms with Crippen LogP contribution >= 0.6 is 0 Å². The second kappa shape index (κ2) is 225. The zero-order valence-corrected chi connectivity index (χ0v) is 66.3. The Morgan fingerprint density at radius 1 is 0.161 bits per heavy atom. The van der Waals surface area contributed by atoms with Crippen LogP contribution in [0, 0.1) is 5.92 Å². The molecule has 0 bridgehead atoms. The molecule has 0 radical (unpaired) electrons. The van der Waals surface area contributed by atoms with E-state index in [0.29, 0.717) is 0 Å². The zero-order valence-electron chi connectivity index (χ0n) is 66.3. The summed E-state index contributed by atoms with van der Waals surface area (Å²) in [4.78, 5) is 0. The molecule has 9 aliphatic rings. The first-order chi connectivity index (χ1) is 42.3. The molecule has 0 aromatic heterocycles. The highest BCUT2D eigenvalue weighted by atomic mass is 13.8. The van der Waals surface area contributed by atoms with Gasteiger partial charge in [0.1, 0.15) is 0 Å². The summed E-state index contributed by atoms with van der Waals surface area (Å²) in [6.45, 7) is 71.8. The molecule has 9 aliphatic carbocycles. The molecule has 0 saturated heterocycles. The monoisotopic (exact) mass is 1220 g/mol. The summed E-state index contributed by atoms with van der Waals surface area (Å²) < 4.78 is 0. The summed E-state index contributed by atoms with van der Waals surface area (Å²) in [7, 11) is 0. The molecular formula is C87H174. The smallest absolute Gasteiger partial charge is 0.0163 e. The van der Waals surface area contributed by atoms with Crippen molar-refractivity contribution >= 4 is 0 Å². The lowest BCUT2D eigenvalue weighted by molar-refractivity contribution is 0.737. The van der Waals surface area contributed by atoms with Crippen LogP contribution in [0.25, 0.3) is 0 Å². The molecule has 87 heavy (non-hydrogen) atoms. The average molecular weight is 1220 g/mol. The second-order valence-electron chi connectivity index (χ2n) is 15.1. The maximum absolute atomic E-state index is 2.17. The van der Waals surface area contributed by atoms with Crippen LogP contribution in [0.4, 0.5) is 0 Å². The van der Waals surface area contributed by atoms with E-state index in [9.17, 15) is 0 Å². The van der Waals surface area contributed by atoms with Crippen LogP contribution in [0.15, 0.2) is 219 Å². The molecule has 9 rings (SSSR count). The first-order valence-electron chi connectivity index (χ1n) is 36.2. The summed E-state index contributed by atoms with van der Waals surface area (Å²) in [6.07, 6.45) is 91.8. The molecule has 0 saturated carbocycles. The second-order valence-corrected chi connectivity index (χ2v) is 15.1. The van der Waals surface area contributed by atoms with E-state index in [1.165, 1.54) is 32.1 Å². The van der Waals surface area contributed by atoms with E-state index < -0.39 is 0 Å². The minimum atomic E-state index is 0. The molecule has 0 nitrogen and oxygen atoms in total. The maximum Gasteiger partial charge on any atom is -0.0163 e. The van der Waals surface area contributed by atoms with E-state index in [1.807, 2.05) is 152 Å². The predicted octanol–water partition coefficient (Wildman–Crippen LogP) is 34.2. The van der Waals surface area contributed by atoms with Crippen molar-refractivity contribution < 1.29 is 0 Å². The van der Waals surface area contributed by atoms with Gasteiger partial charge in [-0.25, -0.2) is 0 Å². The van der Waals surface area contributed by atoms with Gasteiger partial charge in [0.15, 0.2) is 0 Å². The third-order valence-electron chi connectivity index (χ3n) is 5.90. The summed E-state index contributed by atoms with van der Waals surface area (Å²) >= 11 is 0. The third kappa shape index (κ3) is 315. The fraction of sp³-hybridized carbons (Fsp3) is 0.586. The molecule has 0 amide bonds. The fourth-order valence-corrected chi connectivity index (χ4v) is 3.54. The number of hydrogen-bond acceptors (Lipinski definition) is 0. The molecular weight excluding hydrogens is 1040 g/mol. The van der Waals surface area contributed by atoms with Crippen molar-refractivity contribution in [2.45, 2.75) is 340 Å². The Kier molecular flexibility index (Phi) is 340. The zero-order chi connectivity index (χ0) is 70.9. The number of allylic oxidation sites excluding steroid dienone is 36. The van der Waals surface area contributed by atoms with Gasteiger partial charge in [0.2, 0.25) is 0 Å². The predicted molar refractivity (Wildman–Crippen MR) is 438 cm³/mol. The molecule has 0 aromatic carbocycles. The minimum Gasteiger partial charge on any atom is -0.0808 e. The van der Waals surface area contributed by atoms with Gasteiger partial charge in [-0.2, -0.15) is 0 Å². The molecule has 0 fully saturated rings. The first-order valence-corrected chi connectivity index (χ1v) is 36.2. The van der Waals surface area contributed by atoms with E-state index in [2.05, 4.69) is 309 Å². The molecule has 0 heterocycles.